The van der Waals surface area contributed by atoms with Gasteiger partial charge in [0, 0.05) is 25.6 Å². The second-order valence-electron chi connectivity index (χ2n) is 6.82. The summed E-state index contributed by atoms with van der Waals surface area (Å²) in [6.07, 6.45) is -1.31. The molecule has 1 aliphatic rings. The van der Waals surface area contributed by atoms with Crippen LogP contribution in [0.4, 0.5) is 13.2 Å². The van der Waals surface area contributed by atoms with E-state index in [-0.39, 0.29) is 12.1 Å². The largest absolute Gasteiger partial charge is 0.333 e. The first-order valence-corrected chi connectivity index (χ1v) is 10.5. The molecular weight excluding hydrogens is 413 g/mol. The van der Waals surface area contributed by atoms with Crippen LogP contribution in [0.1, 0.15) is 23.6 Å². The van der Waals surface area contributed by atoms with Crippen LogP contribution in [0.2, 0.25) is 0 Å². The van der Waals surface area contributed by atoms with Crippen LogP contribution in [-0.4, -0.2) is 52.9 Å². The summed E-state index contributed by atoms with van der Waals surface area (Å²) in [6.45, 7) is 2.82. The Morgan fingerprint density at radius 3 is 2.55 bits per heavy atom. The maximum absolute atomic E-state index is 14.0. The van der Waals surface area contributed by atoms with Gasteiger partial charge >= 0.3 is 0 Å². The van der Waals surface area contributed by atoms with Crippen LogP contribution < -0.4 is 0 Å². The molecule has 1 atom stereocenters. The van der Waals surface area contributed by atoms with Crippen molar-refractivity contribution in [2.45, 2.75) is 39.0 Å². The molecule has 0 N–H and O–H groups in total. The van der Waals surface area contributed by atoms with Gasteiger partial charge in [0.2, 0.25) is 5.91 Å². The first-order valence-electron chi connectivity index (χ1n) is 8.71. The van der Waals surface area contributed by atoms with Gasteiger partial charge in [0.1, 0.15) is 11.6 Å². The number of fused-ring (bicyclic) bond motifs is 1. The van der Waals surface area contributed by atoms with E-state index in [2.05, 4.69) is 10.2 Å². The molecule has 158 valence electrons. The van der Waals surface area contributed by atoms with E-state index in [1.807, 2.05) is 4.57 Å². The van der Waals surface area contributed by atoms with Crippen molar-refractivity contribution in [3.63, 3.8) is 0 Å². The first kappa shape index (κ1) is 21.2. The second-order valence-corrected chi connectivity index (χ2v) is 8.42. The van der Waals surface area contributed by atoms with E-state index in [0.717, 1.165) is 12.1 Å². The zero-order chi connectivity index (χ0) is 21.3. The Morgan fingerprint density at radius 2 is 1.86 bits per heavy atom. The molecule has 12 heteroatoms. The number of aryl methyl sites for hydroxylation is 1. The lowest BCUT2D eigenvalue weighted by Crippen LogP contribution is -2.40. The summed E-state index contributed by atoms with van der Waals surface area (Å²) in [5.41, 5.74) is -0.292. The van der Waals surface area contributed by atoms with Gasteiger partial charge in [0.25, 0.3) is 10.1 Å². The van der Waals surface area contributed by atoms with E-state index in [9.17, 15) is 26.4 Å². The minimum absolute atomic E-state index is 0.185. The third-order valence-electron chi connectivity index (χ3n) is 4.54. The summed E-state index contributed by atoms with van der Waals surface area (Å²) >= 11 is 0. The van der Waals surface area contributed by atoms with Gasteiger partial charge in [0.05, 0.1) is 25.3 Å². The number of hydrogen-bond donors (Lipinski definition) is 0. The van der Waals surface area contributed by atoms with Gasteiger partial charge in [-0.3, -0.25) is 8.98 Å². The Morgan fingerprint density at radius 1 is 1.17 bits per heavy atom. The number of carbonyl (C=O) groups excluding carboxylic acids is 1. The lowest BCUT2D eigenvalue weighted by molar-refractivity contribution is -0.134. The molecular formula is C17H19F3N4O4S. The van der Waals surface area contributed by atoms with E-state index >= 15 is 0 Å². The van der Waals surface area contributed by atoms with E-state index in [1.54, 1.807) is 6.92 Å². The van der Waals surface area contributed by atoms with Crippen LogP contribution in [0.15, 0.2) is 12.1 Å². The topological polar surface area (TPSA) is 94.4 Å². The van der Waals surface area contributed by atoms with Crippen molar-refractivity contribution in [1.29, 1.82) is 0 Å². The maximum atomic E-state index is 14.0. The van der Waals surface area contributed by atoms with Gasteiger partial charge in [-0.2, -0.15) is 8.42 Å². The fourth-order valence-corrected chi connectivity index (χ4v) is 3.82. The Balaban J connectivity index is 1.75. The van der Waals surface area contributed by atoms with E-state index < -0.39 is 52.4 Å². The molecule has 0 saturated carbocycles. The van der Waals surface area contributed by atoms with Gasteiger partial charge < -0.3 is 9.47 Å². The average molecular weight is 432 g/mol. The van der Waals surface area contributed by atoms with Crippen molar-refractivity contribution in [2.75, 3.05) is 12.8 Å². The van der Waals surface area contributed by atoms with Gasteiger partial charge in [-0.15, -0.1) is 10.2 Å². The second kappa shape index (κ2) is 8.11. The molecule has 1 aromatic carbocycles. The third kappa shape index (κ3) is 5.12. The molecule has 0 fully saturated rings. The van der Waals surface area contributed by atoms with Crippen molar-refractivity contribution >= 4 is 16.0 Å². The highest BCUT2D eigenvalue weighted by Gasteiger charge is 2.28. The Bertz CT molecular complexity index is 1040. The molecule has 8 nitrogen and oxygen atoms in total. The summed E-state index contributed by atoms with van der Waals surface area (Å²) in [6, 6.07) is 0.990. The zero-order valence-corrected chi connectivity index (χ0v) is 16.5. The van der Waals surface area contributed by atoms with Crippen LogP contribution >= 0.6 is 0 Å². The Hall–Kier alpha value is -2.47. The molecule has 0 saturated heterocycles. The number of rotatable bonds is 6. The van der Waals surface area contributed by atoms with E-state index in [0.29, 0.717) is 31.0 Å². The summed E-state index contributed by atoms with van der Waals surface area (Å²) in [5.74, 6) is -2.82. The standard InChI is InChI=1S/C17H19F3N4O4S/c1-10-21-22-16-9-23(3-4-24(10)16)17(25)7-12(28-29(2,26)27)5-11-6-14(19)15(20)8-13(11)18/h6,8,12H,3-5,7,9H2,1-2H3/t12-/m0/s1. The molecule has 1 aliphatic heterocycles. The maximum Gasteiger partial charge on any atom is 0.264 e. The van der Waals surface area contributed by atoms with E-state index in [1.165, 1.54) is 4.90 Å². The minimum atomic E-state index is -3.98. The molecule has 0 spiro atoms. The van der Waals surface area contributed by atoms with Crippen molar-refractivity contribution < 1.29 is 30.6 Å². The molecule has 3 rings (SSSR count). The summed E-state index contributed by atoms with van der Waals surface area (Å²) in [4.78, 5) is 14.1. The average Bonchev–Trinajstić information content (AvgIpc) is 2.98. The van der Waals surface area contributed by atoms with Gasteiger partial charge in [-0.25, -0.2) is 13.2 Å². The molecule has 29 heavy (non-hydrogen) atoms. The summed E-state index contributed by atoms with van der Waals surface area (Å²) in [5, 5.41) is 7.94. The Kier molecular flexibility index (Phi) is 5.94. The highest BCUT2D eigenvalue weighted by Crippen LogP contribution is 2.20. The number of halogens is 3. The minimum Gasteiger partial charge on any atom is -0.333 e. The molecule has 0 unspecified atom stereocenters. The molecule has 1 aromatic heterocycles. The fraction of sp³-hybridized carbons (Fsp3) is 0.471. The van der Waals surface area contributed by atoms with Crippen molar-refractivity contribution in [2.24, 2.45) is 0 Å². The number of nitrogens with zero attached hydrogens (tertiary/aromatic N) is 4. The van der Waals surface area contributed by atoms with Crippen LogP contribution in [-0.2, 0) is 38.6 Å². The molecule has 0 bridgehead atoms. The van der Waals surface area contributed by atoms with Crippen molar-refractivity contribution in [3.8, 4) is 0 Å². The molecule has 0 aliphatic carbocycles. The number of benzene rings is 1. The highest BCUT2D eigenvalue weighted by molar-refractivity contribution is 7.86. The van der Waals surface area contributed by atoms with Crippen LogP contribution in [0.3, 0.4) is 0 Å². The van der Waals surface area contributed by atoms with Gasteiger partial charge in [0.15, 0.2) is 17.5 Å². The van der Waals surface area contributed by atoms with Crippen LogP contribution in [0, 0.1) is 24.4 Å². The van der Waals surface area contributed by atoms with Gasteiger partial charge in [-0.05, 0) is 18.6 Å². The normalized spacial score (nSPS) is 15.3. The predicted octanol–water partition coefficient (Wildman–Crippen LogP) is 1.32. The van der Waals surface area contributed by atoms with Crippen molar-refractivity contribution in [3.05, 3.63) is 46.8 Å². The van der Waals surface area contributed by atoms with Crippen molar-refractivity contribution in [1.82, 2.24) is 19.7 Å². The Labute approximate surface area is 165 Å². The summed E-state index contributed by atoms with van der Waals surface area (Å²) in [7, 11) is -3.98. The third-order valence-corrected chi connectivity index (χ3v) is 5.16. The smallest absolute Gasteiger partial charge is 0.264 e. The first-order chi connectivity index (χ1) is 13.5. The molecule has 1 amide bonds. The number of aromatic nitrogens is 3. The van der Waals surface area contributed by atoms with E-state index in [4.69, 9.17) is 4.18 Å². The molecule has 2 heterocycles. The molecule has 0 radical (unpaired) electrons. The van der Waals surface area contributed by atoms with Gasteiger partial charge in [-0.1, -0.05) is 0 Å². The number of amides is 1. The lowest BCUT2D eigenvalue weighted by atomic mass is 10.0. The monoisotopic (exact) mass is 432 g/mol. The predicted molar refractivity (Wildman–Crippen MR) is 94.5 cm³/mol. The number of carbonyl (C=O) groups is 1. The number of hydrogen-bond acceptors (Lipinski definition) is 6. The fourth-order valence-electron chi connectivity index (χ4n) is 3.19. The zero-order valence-electron chi connectivity index (χ0n) is 15.7. The molecule has 2 aromatic rings. The summed E-state index contributed by atoms with van der Waals surface area (Å²) < 4.78 is 70.4. The SMILES string of the molecule is Cc1nnc2n1CCN(C(=O)C[C@H](Cc1cc(F)c(F)cc1F)OS(C)(=O)=O)C2. The quantitative estimate of drug-likeness (QED) is 0.505. The highest BCUT2D eigenvalue weighted by atomic mass is 32.2. The van der Waals surface area contributed by atoms with Crippen LogP contribution in [0.5, 0.6) is 0 Å². The van der Waals surface area contributed by atoms with Crippen LogP contribution in [0.25, 0.3) is 0 Å². The lowest BCUT2D eigenvalue weighted by Gasteiger charge is -2.29.